The standard InChI is InChI=1S/C17H15ClN2O4.C7H15N3O2/c1-10(13-4-2-3-7-19-13)23-16-9-15-11(8-12(16)18)14(20-24-15)5-6-17(21)22;8-5(7(11)12)3-1-2-4-6(9)10/h2-4,7-10H,5-6H2,1H3,(H,21,22);5H,1-4,8H2,(H3,9,10)(H,11,12)/t10-;5-/m10/s1. The van der Waals surface area contributed by atoms with Crippen molar-refractivity contribution in [3.63, 3.8) is 0 Å². The van der Waals surface area contributed by atoms with Crippen molar-refractivity contribution in [1.29, 1.82) is 5.41 Å². The number of aliphatic carboxylic acids is 2. The molecule has 0 saturated carbocycles. The van der Waals surface area contributed by atoms with Crippen molar-refractivity contribution >= 4 is 40.3 Å². The van der Waals surface area contributed by atoms with Crippen molar-refractivity contribution in [2.75, 3.05) is 0 Å². The number of rotatable bonds is 12. The molecule has 36 heavy (non-hydrogen) atoms. The largest absolute Gasteiger partial charge is 0.483 e. The van der Waals surface area contributed by atoms with Gasteiger partial charge in [0.25, 0.3) is 0 Å². The Hall–Kier alpha value is -3.70. The van der Waals surface area contributed by atoms with E-state index in [-0.39, 0.29) is 24.8 Å². The summed E-state index contributed by atoms with van der Waals surface area (Å²) in [4.78, 5) is 25.2. The van der Waals surface area contributed by atoms with Gasteiger partial charge in [0.1, 0.15) is 17.9 Å². The smallest absolute Gasteiger partial charge is 0.320 e. The van der Waals surface area contributed by atoms with E-state index in [1.807, 2.05) is 25.1 Å². The Morgan fingerprint density at radius 1 is 1.22 bits per heavy atom. The maximum atomic E-state index is 10.7. The molecule has 0 amide bonds. The second-order valence-corrected chi connectivity index (χ2v) is 8.44. The fourth-order valence-corrected chi connectivity index (χ4v) is 3.36. The summed E-state index contributed by atoms with van der Waals surface area (Å²) in [5.74, 6) is -1.26. The first-order chi connectivity index (χ1) is 17.1. The number of halogens is 1. The van der Waals surface area contributed by atoms with Gasteiger partial charge in [0.2, 0.25) is 0 Å². The summed E-state index contributed by atoms with van der Waals surface area (Å²) in [5.41, 5.74) is 12.2. The van der Waals surface area contributed by atoms with Crippen LogP contribution in [0.5, 0.6) is 5.75 Å². The van der Waals surface area contributed by atoms with Gasteiger partial charge in [-0.25, -0.2) is 0 Å². The summed E-state index contributed by atoms with van der Waals surface area (Å²) in [6, 6.07) is 8.16. The number of nitrogens with one attached hydrogen (secondary N) is 1. The molecular formula is C24H30ClN5O6. The normalized spacial score (nSPS) is 12.3. The third kappa shape index (κ3) is 9.16. The van der Waals surface area contributed by atoms with Crippen LogP contribution in [0.2, 0.25) is 5.02 Å². The SMILES string of the molecule is C[C@@H](Oc1cc2onc(CCC(=O)O)c2cc1Cl)c1ccccn1.N=C(N)CCCC[C@H](N)C(=O)O. The summed E-state index contributed by atoms with van der Waals surface area (Å²) in [7, 11) is 0. The van der Waals surface area contributed by atoms with Gasteiger partial charge >= 0.3 is 11.9 Å². The Morgan fingerprint density at radius 3 is 2.58 bits per heavy atom. The molecule has 0 aliphatic rings. The zero-order valence-electron chi connectivity index (χ0n) is 19.8. The quantitative estimate of drug-likeness (QED) is 0.133. The number of fused-ring (bicyclic) bond motifs is 1. The van der Waals surface area contributed by atoms with Crippen LogP contribution in [0, 0.1) is 5.41 Å². The predicted molar refractivity (Wildman–Crippen MR) is 134 cm³/mol. The minimum atomic E-state index is -0.974. The van der Waals surface area contributed by atoms with Gasteiger partial charge in [-0.3, -0.25) is 20.0 Å². The van der Waals surface area contributed by atoms with Gasteiger partial charge in [0.05, 0.1) is 28.7 Å². The minimum absolute atomic E-state index is 0.0196. The van der Waals surface area contributed by atoms with Gasteiger partial charge in [-0.1, -0.05) is 29.2 Å². The zero-order valence-corrected chi connectivity index (χ0v) is 20.6. The van der Waals surface area contributed by atoms with Crippen LogP contribution in [-0.2, 0) is 16.0 Å². The highest BCUT2D eigenvalue weighted by Gasteiger charge is 2.16. The molecule has 11 nitrogen and oxygen atoms in total. The Morgan fingerprint density at radius 2 is 1.97 bits per heavy atom. The number of carboxylic acid groups (broad SMARTS) is 2. The molecule has 0 unspecified atom stereocenters. The van der Waals surface area contributed by atoms with E-state index < -0.39 is 18.0 Å². The van der Waals surface area contributed by atoms with Crippen LogP contribution in [0.1, 0.15) is 56.5 Å². The lowest BCUT2D eigenvalue weighted by Crippen LogP contribution is -2.29. The summed E-state index contributed by atoms with van der Waals surface area (Å²) in [5, 5.41) is 29.1. The second kappa shape index (κ2) is 14.0. The van der Waals surface area contributed by atoms with E-state index in [1.165, 1.54) is 0 Å². The molecule has 0 fully saturated rings. The molecule has 2 aromatic heterocycles. The van der Waals surface area contributed by atoms with Crippen LogP contribution in [0.15, 0.2) is 41.1 Å². The molecule has 0 saturated heterocycles. The first-order valence-corrected chi connectivity index (χ1v) is 11.6. The van der Waals surface area contributed by atoms with Crippen LogP contribution < -0.4 is 16.2 Å². The van der Waals surface area contributed by atoms with Crippen molar-refractivity contribution in [3.8, 4) is 5.75 Å². The van der Waals surface area contributed by atoms with E-state index >= 15 is 0 Å². The molecular weight excluding hydrogens is 490 g/mol. The molecule has 3 aromatic rings. The molecule has 0 spiro atoms. The van der Waals surface area contributed by atoms with E-state index in [0.29, 0.717) is 46.7 Å². The molecule has 2 heterocycles. The highest BCUT2D eigenvalue weighted by Crippen LogP contribution is 2.34. The van der Waals surface area contributed by atoms with Crippen molar-refractivity contribution < 1.29 is 29.1 Å². The Labute approximate surface area is 212 Å². The van der Waals surface area contributed by atoms with E-state index in [2.05, 4.69) is 10.1 Å². The van der Waals surface area contributed by atoms with Gasteiger partial charge in [0, 0.05) is 30.5 Å². The van der Waals surface area contributed by atoms with E-state index in [0.717, 1.165) is 12.1 Å². The van der Waals surface area contributed by atoms with Gasteiger partial charge in [-0.15, -0.1) is 0 Å². The van der Waals surface area contributed by atoms with Crippen molar-refractivity contribution in [2.24, 2.45) is 11.5 Å². The number of aromatic nitrogens is 2. The molecule has 0 aliphatic heterocycles. The number of hydrogen-bond donors (Lipinski definition) is 5. The fraction of sp³-hybridized carbons (Fsp3) is 0.375. The lowest BCUT2D eigenvalue weighted by molar-refractivity contribution is -0.139. The second-order valence-electron chi connectivity index (χ2n) is 8.03. The zero-order chi connectivity index (χ0) is 26.7. The molecule has 0 aliphatic carbocycles. The molecule has 3 rings (SSSR count). The lowest BCUT2D eigenvalue weighted by atomic mass is 10.1. The number of unbranched alkanes of at least 4 members (excludes halogenated alkanes) is 1. The molecule has 194 valence electrons. The maximum Gasteiger partial charge on any atom is 0.320 e. The van der Waals surface area contributed by atoms with Gasteiger partial charge in [-0.2, -0.15) is 0 Å². The number of nitrogens with zero attached hydrogens (tertiary/aromatic N) is 2. The molecule has 0 bridgehead atoms. The number of amidine groups is 1. The summed E-state index contributed by atoms with van der Waals surface area (Å²) in [6.07, 6.45) is 4.08. The van der Waals surface area contributed by atoms with Gasteiger partial charge in [0.15, 0.2) is 5.58 Å². The van der Waals surface area contributed by atoms with Crippen LogP contribution in [-0.4, -0.2) is 44.2 Å². The van der Waals surface area contributed by atoms with Crippen LogP contribution in [0.4, 0.5) is 0 Å². The maximum absolute atomic E-state index is 10.7. The minimum Gasteiger partial charge on any atom is -0.483 e. The number of carboxylic acids is 2. The van der Waals surface area contributed by atoms with E-state index in [1.54, 1.807) is 18.3 Å². The molecule has 7 N–H and O–H groups in total. The highest BCUT2D eigenvalue weighted by molar-refractivity contribution is 6.32. The molecule has 2 atom stereocenters. The van der Waals surface area contributed by atoms with Crippen LogP contribution in [0.25, 0.3) is 11.0 Å². The Kier molecular flexibility index (Phi) is 11.1. The molecule has 12 heteroatoms. The summed E-state index contributed by atoms with van der Waals surface area (Å²) in [6.45, 7) is 1.88. The Balaban J connectivity index is 0.000000324. The van der Waals surface area contributed by atoms with E-state index in [9.17, 15) is 9.59 Å². The van der Waals surface area contributed by atoms with Crippen molar-refractivity contribution in [3.05, 3.63) is 52.9 Å². The fourth-order valence-electron chi connectivity index (χ4n) is 3.16. The van der Waals surface area contributed by atoms with Gasteiger partial charge in [-0.05, 0) is 38.0 Å². The monoisotopic (exact) mass is 519 g/mol. The number of ether oxygens (including phenoxy) is 1. The Bertz CT molecular complexity index is 1170. The first-order valence-electron chi connectivity index (χ1n) is 11.3. The average Bonchev–Trinajstić information content (AvgIpc) is 3.22. The molecule has 0 radical (unpaired) electrons. The summed E-state index contributed by atoms with van der Waals surface area (Å²) >= 11 is 6.30. The predicted octanol–water partition coefficient (Wildman–Crippen LogP) is 3.93. The number of aryl methyl sites for hydroxylation is 1. The third-order valence-corrected chi connectivity index (χ3v) is 5.41. The van der Waals surface area contributed by atoms with E-state index in [4.69, 9.17) is 48.0 Å². The number of carbonyl (C=O) groups is 2. The topological polar surface area (TPSA) is 199 Å². The summed E-state index contributed by atoms with van der Waals surface area (Å²) < 4.78 is 11.1. The number of pyridine rings is 1. The number of benzene rings is 1. The average molecular weight is 520 g/mol. The van der Waals surface area contributed by atoms with Crippen molar-refractivity contribution in [1.82, 2.24) is 10.1 Å². The lowest BCUT2D eigenvalue weighted by Gasteiger charge is -2.15. The van der Waals surface area contributed by atoms with Crippen molar-refractivity contribution in [2.45, 2.75) is 57.6 Å². The highest BCUT2D eigenvalue weighted by atomic mass is 35.5. The van der Waals surface area contributed by atoms with Gasteiger partial charge < -0.3 is 30.9 Å². The van der Waals surface area contributed by atoms with Crippen LogP contribution >= 0.6 is 11.6 Å². The number of nitrogens with two attached hydrogens (primary N) is 2. The number of hydrogen-bond acceptors (Lipinski definition) is 8. The van der Waals surface area contributed by atoms with Crippen LogP contribution in [0.3, 0.4) is 0 Å². The molecule has 1 aromatic carbocycles. The first kappa shape index (κ1) is 28.5. The third-order valence-electron chi connectivity index (χ3n) is 5.11.